The van der Waals surface area contributed by atoms with Crippen LogP contribution in [0.2, 0.25) is 0 Å². The largest absolute Gasteiger partial charge is 0.480 e. The predicted octanol–water partition coefficient (Wildman–Crippen LogP) is 3.48. The van der Waals surface area contributed by atoms with E-state index in [2.05, 4.69) is 6.92 Å². The second-order valence-corrected chi connectivity index (χ2v) is 4.71. The molecule has 2 aromatic carbocycles. The van der Waals surface area contributed by atoms with Crippen molar-refractivity contribution in [2.75, 3.05) is 5.73 Å². The highest BCUT2D eigenvalue weighted by atomic mass is 16.5. The minimum Gasteiger partial charge on any atom is -0.480 e. The number of hydrogen-bond donors (Lipinski definition) is 1. The summed E-state index contributed by atoms with van der Waals surface area (Å²) in [6.45, 7) is 3.82. The summed E-state index contributed by atoms with van der Waals surface area (Å²) in [6.07, 6.45) is 0.397. The van der Waals surface area contributed by atoms with Crippen LogP contribution in [0.4, 0.5) is 5.69 Å². The standard InChI is InChI=1S/C17H19NO2/c1-3-13-8-10-14(11-9-13)17(19)12(2)20-16-7-5-4-6-15(16)18/h4-12H,3,18H2,1-2H3. The summed E-state index contributed by atoms with van der Waals surface area (Å²) in [4.78, 5) is 12.3. The summed E-state index contributed by atoms with van der Waals surface area (Å²) >= 11 is 0. The molecule has 0 heterocycles. The third kappa shape index (κ3) is 3.18. The molecule has 0 bridgehead atoms. The van der Waals surface area contributed by atoms with Crippen LogP contribution in [-0.4, -0.2) is 11.9 Å². The summed E-state index contributed by atoms with van der Waals surface area (Å²) in [5.41, 5.74) is 8.21. The van der Waals surface area contributed by atoms with E-state index in [1.807, 2.05) is 36.4 Å². The molecule has 0 spiro atoms. The van der Waals surface area contributed by atoms with Gasteiger partial charge in [0.25, 0.3) is 0 Å². The molecule has 1 atom stereocenters. The van der Waals surface area contributed by atoms with Gasteiger partial charge in [-0.3, -0.25) is 4.79 Å². The molecule has 3 nitrogen and oxygen atoms in total. The number of rotatable bonds is 5. The smallest absolute Gasteiger partial charge is 0.202 e. The second kappa shape index (κ2) is 6.24. The molecule has 3 heteroatoms. The zero-order valence-electron chi connectivity index (χ0n) is 11.8. The zero-order valence-corrected chi connectivity index (χ0v) is 11.8. The molecular formula is C17H19NO2. The first kappa shape index (κ1) is 14.1. The van der Waals surface area contributed by atoms with Crippen LogP contribution in [0.5, 0.6) is 5.75 Å². The van der Waals surface area contributed by atoms with Gasteiger partial charge in [0.15, 0.2) is 6.10 Å². The Kier molecular flexibility index (Phi) is 4.41. The molecule has 0 aliphatic rings. The quantitative estimate of drug-likeness (QED) is 0.668. The lowest BCUT2D eigenvalue weighted by Crippen LogP contribution is -2.24. The molecule has 0 saturated carbocycles. The van der Waals surface area contributed by atoms with E-state index < -0.39 is 6.10 Å². The fourth-order valence-corrected chi connectivity index (χ4v) is 1.97. The van der Waals surface area contributed by atoms with Crippen molar-refractivity contribution >= 4 is 11.5 Å². The first-order valence-corrected chi connectivity index (χ1v) is 6.76. The summed E-state index contributed by atoms with van der Waals surface area (Å²) in [7, 11) is 0. The highest BCUT2D eigenvalue weighted by Crippen LogP contribution is 2.22. The Hall–Kier alpha value is -2.29. The number of nitrogens with two attached hydrogens (primary N) is 1. The number of Topliss-reactive ketones (excluding diaryl/α,β-unsaturated/α-hetero) is 1. The van der Waals surface area contributed by atoms with Gasteiger partial charge < -0.3 is 10.5 Å². The number of hydrogen-bond acceptors (Lipinski definition) is 3. The van der Waals surface area contributed by atoms with E-state index in [9.17, 15) is 4.79 Å². The molecule has 1 unspecified atom stereocenters. The second-order valence-electron chi connectivity index (χ2n) is 4.71. The lowest BCUT2D eigenvalue weighted by Gasteiger charge is -2.15. The van der Waals surface area contributed by atoms with Crippen LogP contribution in [-0.2, 0) is 6.42 Å². The number of carbonyl (C=O) groups excluding carboxylic acids is 1. The molecule has 0 fully saturated rings. The number of para-hydroxylation sites is 2. The van der Waals surface area contributed by atoms with Gasteiger partial charge in [-0.25, -0.2) is 0 Å². The van der Waals surface area contributed by atoms with Crippen molar-refractivity contribution in [3.8, 4) is 5.75 Å². The molecule has 0 aromatic heterocycles. The fourth-order valence-electron chi connectivity index (χ4n) is 1.97. The minimum atomic E-state index is -0.563. The third-order valence-corrected chi connectivity index (χ3v) is 3.24. The predicted molar refractivity (Wildman–Crippen MR) is 81.1 cm³/mol. The Labute approximate surface area is 119 Å². The van der Waals surface area contributed by atoms with Crippen molar-refractivity contribution < 1.29 is 9.53 Å². The maximum atomic E-state index is 12.3. The van der Waals surface area contributed by atoms with Gasteiger partial charge in [0, 0.05) is 5.56 Å². The van der Waals surface area contributed by atoms with Crippen molar-refractivity contribution in [2.24, 2.45) is 0 Å². The normalized spacial score (nSPS) is 11.9. The van der Waals surface area contributed by atoms with Gasteiger partial charge in [0.1, 0.15) is 5.75 Å². The molecule has 2 rings (SSSR count). The summed E-state index contributed by atoms with van der Waals surface area (Å²) in [6, 6.07) is 14.8. The van der Waals surface area contributed by atoms with Crippen LogP contribution >= 0.6 is 0 Å². The highest BCUT2D eigenvalue weighted by Gasteiger charge is 2.17. The first-order chi connectivity index (χ1) is 9.61. The van der Waals surface area contributed by atoms with E-state index in [1.165, 1.54) is 5.56 Å². The fraction of sp³-hybridized carbons (Fsp3) is 0.235. The number of carbonyl (C=O) groups is 1. The molecule has 0 radical (unpaired) electrons. The van der Waals surface area contributed by atoms with Crippen molar-refractivity contribution in [3.63, 3.8) is 0 Å². The molecule has 0 saturated heterocycles. The lowest BCUT2D eigenvalue weighted by molar-refractivity contribution is 0.0819. The zero-order chi connectivity index (χ0) is 14.5. The van der Waals surface area contributed by atoms with Crippen LogP contribution < -0.4 is 10.5 Å². The van der Waals surface area contributed by atoms with E-state index >= 15 is 0 Å². The summed E-state index contributed by atoms with van der Waals surface area (Å²) < 4.78 is 5.64. The Bertz CT molecular complexity index is 590. The maximum absolute atomic E-state index is 12.3. The highest BCUT2D eigenvalue weighted by molar-refractivity contribution is 5.99. The van der Waals surface area contributed by atoms with E-state index in [4.69, 9.17) is 10.5 Å². The van der Waals surface area contributed by atoms with Crippen LogP contribution in [0.25, 0.3) is 0 Å². The average Bonchev–Trinajstić information content (AvgIpc) is 2.49. The van der Waals surface area contributed by atoms with Crippen LogP contribution in [0, 0.1) is 0 Å². The van der Waals surface area contributed by atoms with E-state index in [1.54, 1.807) is 19.1 Å². The molecule has 2 aromatic rings. The summed E-state index contributed by atoms with van der Waals surface area (Å²) in [5, 5.41) is 0. The molecule has 104 valence electrons. The molecule has 0 amide bonds. The molecule has 2 N–H and O–H groups in total. The van der Waals surface area contributed by atoms with Gasteiger partial charge >= 0.3 is 0 Å². The van der Waals surface area contributed by atoms with Gasteiger partial charge in [-0.05, 0) is 31.0 Å². The Morgan fingerprint density at radius 1 is 1.15 bits per heavy atom. The SMILES string of the molecule is CCc1ccc(C(=O)C(C)Oc2ccccc2N)cc1. The van der Waals surface area contributed by atoms with Crippen molar-refractivity contribution in [3.05, 3.63) is 59.7 Å². The van der Waals surface area contributed by atoms with E-state index in [-0.39, 0.29) is 5.78 Å². The number of benzene rings is 2. The third-order valence-electron chi connectivity index (χ3n) is 3.24. The monoisotopic (exact) mass is 269 g/mol. The van der Waals surface area contributed by atoms with Crippen LogP contribution in [0.15, 0.2) is 48.5 Å². The van der Waals surface area contributed by atoms with Gasteiger partial charge in [-0.15, -0.1) is 0 Å². The topological polar surface area (TPSA) is 52.3 Å². The first-order valence-electron chi connectivity index (χ1n) is 6.76. The van der Waals surface area contributed by atoms with Crippen molar-refractivity contribution in [1.82, 2.24) is 0 Å². The molecule has 0 aliphatic heterocycles. The average molecular weight is 269 g/mol. The number of ketones is 1. The minimum absolute atomic E-state index is 0.0455. The number of nitrogen functional groups attached to an aromatic ring is 1. The van der Waals surface area contributed by atoms with Crippen molar-refractivity contribution in [1.29, 1.82) is 0 Å². The Morgan fingerprint density at radius 3 is 2.40 bits per heavy atom. The Balaban J connectivity index is 2.10. The lowest BCUT2D eigenvalue weighted by atomic mass is 10.0. The summed E-state index contributed by atoms with van der Waals surface area (Å²) in [5.74, 6) is 0.495. The number of ether oxygens (including phenoxy) is 1. The van der Waals surface area contributed by atoms with Crippen LogP contribution in [0.3, 0.4) is 0 Å². The molecular weight excluding hydrogens is 250 g/mol. The van der Waals surface area contributed by atoms with Gasteiger partial charge in [-0.1, -0.05) is 43.3 Å². The van der Waals surface area contributed by atoms with Gasteiger partial charge in [-0.2, -0.15) is 0 Å². The van der Waals surface area contributed by atoms with E-state index in [0.29, 0.717) is 17.0 Å². The maximum Gasteiger partial charge on any atom is 0.202 e. The molecule has 0 aliphatic carbocycles. The van der Waals surface area contributed by atoms with Gasteiger partial charge in [0.2, 0.25) is 5.78 Å². The van der Waals surface area contributed by atoms with Gasteiger partial charge in [0.05, 0.1) is 5.69 Å². The van der Waals surface area contributed by atoms with Crippen molar-refractivity contribution in [2.45, 2.75) is 26.4 Å². The number of anilines is 1. The van der Waals surface area contributed by atoms with E-state index in [0.717, 1.165) is 6.42 Å². The van der Waals surface area contributed by atoms with Crippen LogP contribution in [0.1, 0.15) is 29.8 Å². The molecule has 20 heavy (non-hydrogen) atoms. The number of aryl methyl sites for hydroxylation is 1. The Morgan fingerprint density at radius 2 is 1.80 bits per heavy atom.